The Balaban J connectivity index is 1.52. The van der Waals surface area contributed by atoms with E-state index in [0.717, 1.165) is 33.5 Å². The monoisotopic (exact) mass is 420 g/mol. The van der Waals surface area contributed by atoms with E-state index in [2.05, 4.69) is 34.7 Å². The van der Waals surface area contributed by atoms with Gasteiger partial charge in [-0.3, -0.25) is 10.1 Å². The molecule has 2 heterocycles. The van der Waals surface area contributed by atoms with Crippen molar-refractivity contribution in [2.75, 3.05) is 10.6 Å². The molecular formula is C22H20N4OS2. The van der Waals surface area contributed by atoms with Crippen LogP contribution in [-0.2, 0) is 6.42 Å². The minimum Gasteiger partial charge on any atom is -0.331 e. The SMILES string of the molecule is CCc1ccccc1Nc1nc(-c2sc(NC(=O)c3ccccc3)nc2C)cs1. The van der Waals surface area contributed by atoms with Crippen LogP contribution in [0.25, 0.3) is 10.6 Å². The first-order valence-corrected chi connectivity index (χ1v) is 11.0. The number of nitrogens with zero attached hydrogens (tertiary/aromatic N) is 2. The number of carbonyl (C=O) groups is 1. The number of nitrogens with one attached hydrogen (secondary N) is 2. The van der Waals surface area contributed by atoms with Crippen LogP contribution >= 0.6 is 22.7 Å². The molecule has 2 N–H and O–H groups in total. The lowest BCUT2D eigenvalue weighted by molar-refractivity contribution is 0.102. The molecule has 0 radical (unpaired) electrons. The molecule has 0 saturated carbocycles. The predicted molar refractivity (Wildman–Crippen MR) is 121 cm³/mol. The molecule has 4 rings (SSSR count). The van der Waals surface area contributed by atoms with Gasteiger partial charge in [-0.2, -0.15) is 0 Å². The molecule has 4 aromatic rings. The van der Waals surface area contributed by atoms with Crippen LogP contribution in [0, 0.1) is 6.92 Å². The van der Waals surface area contributed by atoms with Gasteiger partial charge in [0.15, 0.2) is 10.3 Å². The molecule has 0 fully saturated rings. The van der Waals surface area contributed by atoms with Gasteiger partial charge >= 0.3 is 0 Å². The van der Waals surface area contributed by atoms with Gasteiger partial charge in [0.1, 0.15) is 0 Å². The first-order chi connectivity index (χ1) is 14.1. The third kappa shape index (κ3) is 4.36. The van der Waals surface area contributed by atoms with Gasteiger partial charge < -0.3 is 5.32 Å². The highest BCUT2D eigenvalue weighted by molar-refractivity contribution is 7.20. The van der Waals surface area contributed by atoms with Gasteiger partial charge in [0.25, 0.3) is 5.91 Å². The highest BCUT2D eigenvalue weighted by Crippen LogP contribution is 2.35. The first-order valence-electron chi connectivity index (χ1n) is 9.28. The van der Waals surface area contributed by atoms with Crippen molar-refractivity contribution < 1.29 is 4.79 Å². The third-order valence-electron chi connectivity index (χ3n) is 4.43. The quantitative estimate of drug-likeness (QED) is 0.393. The second-order valence-electron chi connectivity index (χ2n) is 6.43. The number of thiazole rings is 2. The summed E-state index contributed by atoms with van der Waals surface area (Å²) in [7, 11) is 0. The fraction of sp³-hybridized carbons (Fsp3) is 0.136. The maximum Gasteiger partial charge on any atom is 0.257 e. The van der Waals surface area contributed by atoms with E-state index in [1.54, 1.807) is 23.5 Å². The van der Waals surface area contributed by atoms with Crippen LogP contribution in [0.5, 0.6) is 0 Å². The summed E-state index contributed by atoms with van der Waals surface area (Å²) in [6.07, 6.45) is 0.958. The minimum atomic E-state index is -0.164. The molecule has 0 spiro atoms. The average molecular weight is 421 g/mol. The van der Waals surface area contributed by atoms with E-state index in [4.69, 9.17) is 4.98 Å². The molecule has 0 atom stereocenters. The fourth-order valence-corrected chi connectivity index (χ4v) is 4.66. The normalized spacial score (nSPS) is 10.7. The number of amides is 1. The summed E-state index contributed by atoms with van der Waals surface area (Å²) in [4.78, 5) is 22.6. The van der Waals surface area contributed by atoms with Crippen LogP contribution in [0.2, 0.25) is 0 Å². The van der Waals surface area contributed by atoms with E-state index < -0.39 is 0 Å². The van der Waals surface area contributed by atoms with Crippen LogP contribution < -0.4 is 10.6 Å². The van der Waals surface area contributed by atoms with Gasteiger partial charge in [-0.05, 0) is 37.1 Å². The summed E-state index contributed by atoms with van der Waals surface area (Å²) in [6.45, 7) is 4.07. The van der Waals surface area contributed by atoms with Crippen molar-refractivity contribution in [2.45, 2.75) is 20.3 Å². The molecular weight excluding hydrogens is 400 g/mol. The fourth-order valence-electron chi connectivity index (χ4n) is 2.95. The second-order valence-corrected chi connectivity index (χ2v) is 8.28. The number of carbonyl (C=O) groups excluding carboxylic acids is 1. The Bertz CT molecular complexity index is 1130. The van der Waals surface area contributed by atoms with Gasteiger partial charge in [-0.1, -0.05) is 54.7 Å². The second kappa shape index (κ2) is 8.55. The largest absolute Gasteiger partial charge is 0.331 e. The number of hydrogen-bond donors (Lipinski definition) is 2. The highest BCUT2D eigenvalue weighted by atomic mass is 32.1. The van der Waals surface area contributed by atoms with Crippen LogP contribution in [0.1, 0.15) is 28.5 Å². The Kier molecular flexibility index (Phi) is 5.69. The summed E-state index contributed by atoms with van der Waals surface area (Å²) in [5.41, 5.74) is 4.65. The molecule has 0 saturated heterocycles. The molecule has 146 valence electrons. The third-order valence-corrected chi connectivity index (χ3v) is 6.28. The van der Waals surface area contributed by atoms with Gasteiger partial charge in [-0.25, -0.2) is 9.97 Å². The zero-order chi connectivity index (χ0) is 20.2. The molecule has 0 aliphatic heterocycles. The Morgan fingerprint density at radius 3 is 2.55 bits per heavy atom. The Morgan fingerprint density at radius 1 is 1.00 bits per heavy atom. The molecule has 2 aromatic carbocycles. The number of aromatic nitrogens is 2. The predicted octanol–water partition coefficient (Wildman–Crippen LogP) is 6.13. The lowest BCUT2D eigenvalue weighted by atomic mass is 10.1. The number of anilines is 3. The van der Waals surface area contributed by atoms with Gasteiger partial charge in [0.05, 0.1) is 16.3 Å². The summed E-state index contributed by atoms with van der Waals surface area (Å²) in [6, 6.07) is 17.4. The lowest BCUT2D eigenvalue weighted by Gasteiger charge is -2.07. The maximum atomic E-state index is 12.4. The Morgan fingerprint density at radius 2 is 1.76 bits per heavy atom. The molecule has 2 aromatic heterocycles. The molecule has 0 aliphatic carbocycles. The van der Waals surface area contributed by atoms with Crippen LogP contribution in [-0.4, -0.2) is 15.9 Å². The van der Waals surface area contributed by atoms with Crippen molar-refractivity contribution in [2.24, 2.45) is 0 Å². The van der Waals surface area contributed by atoms with Crippen LogP contribution in [0.3, 0.4) is 0 Å². The number of benzene rings is 2. The van der Waals surface area contributed by atoms with Crippen molar-refractivity contribution in [1.82, 2.24) is 9.97 Å². The van der Waals surface area contributed by atoms with E-state index in [1.807, 2.05) is 42.6 Å². The topological polar surface area (TPSA) is 66.9 Å². The summed E-state index contributed by atoms with van der Waals surface area (Å²) >= 11 is 2.99. The van der Waals surface area contributed by atoms with E-state index in [0.29, 0.717) is 10.7 Å². The highest BCUT2D eigenvalue weighted by Gasteiger charge is 2.15. The number of aryl methyl sites for hydroxylation is 2. The smallest absolute Gasteiger partial charge is 0.257 e. The van der Waals surface area contributed by atoms with Crippen molar-refractivity contribution in [3.63, 3.8) is 0 Å². The zero-order valence-electron chi connectivity index (χ0n) is 16.1. The van der Waals surface area contributed by atoms with Crippen molar-refractivity contribution >= 4 is 44.5 Å². The van der Waals surface area contributed by atoms with Crippen LogP contribution in [0.15, 0.2) is 60.0 Å². The van der Waals surface area contributed by atoms with E-state index in [-0.39, 0.29) is 5.91 Å². The van der Waals surface area contributed by atoms with Gasteiger partial charge in [-0.15, -0.1) is 11.3 Å². The number of para-hydroxylation sites is 1. The zero-order valence-corrected chi connectivity index (χ0v) is 17.7. The maximum absolute atomic E-state index is 12.4. The Labute approximate surface area is 177 Å². The standard InChI is InChI=1S/C22H20N4OS2/c1-3-15-9-7-8-12-17(15)24-21-25-18(13-28-21)19-14(2)23-22(29-19)26-20(27)16-10-5-4-6-11-16/h4-13H,3H2,1-2H3,(H,24,25)(H,23,26,27). The van der Waals surface area contributed by atoms with Gasteiger partial charge in [0, 0.05) is 16.6 Å². The Hall–Kier alpha value is -3.03. The molecule has 0 aliphatic rings. The molecule has 1 amide bonds. The molecule has 5 nitrogen and oxygen atoms in total. The number of hydrogen-bond acceptors (Lipinski definition) is 6. The summed E-state index contributed by atoms with van der Waals surface area (Å²) in [5.74, 6) is -0.164. The molecule has 0 bridgehead atoms. The average Bonchev–Trinajstić information content (AvgIpc) is 3.35. The van der Waals surface area contributed by atoms with Crippen molar-refractivity contribution in [3.05, 3.63) is 76.8 Å². The minimum absolute atomic E-state index is 0.164. The molecule has 29 heavy (non-hydrogen) atoms. The lowest BCUT2D eigenvalue weighted by Crippen LogP contribution is -2.11. The van der Waals surface area contributed by atoms with E-state index in [1.165, 1.54) is 16.9 Å². The molecule has 0 unspecified atom stereocenters. The first kappa shape index (κ1) is 19.3. The number of rotatable bonds is 6. The molecule has 7 heteroatoms. The summed E-state index contributed by atoms with van der Waals surface area (Å²) < 4.78 is 0. The van der Waals surface area contributed by atoms with E-state index in [9.17, 15) is 4.79 Å². The van der Waals surface area contributed by atoms with Crippen LogP contribution in [0.4, 0.5) is 16.0 Å². The van der Waals surface area contributed by atoms with E-state index >= 15 is 0 Å². The summed E-state index contributed by atoms with van der Waals surface area (Å²) in [5, 5.41) is 9.72. The van der Waals surface area contributed by atoms with Crippen molar-refractivity contribution in [1.29, 1.82) is 0 Å². The van der Waals surface area contributed by atoms with Crippen molar-refractivity contribution in [3.8, 4) is 10.6 Å². The van der Waals surface area contributed by atoms with Gasteiger partial charge in [0.2, 0.25) is 0 Å².